The minimum Gasteiger partial charge on any atom is -0.383 e. The van der Waals surface area contributed by atoms with Gasteiger partial charge in [0.05, 0.1) is 0 Å². The molecule has 0 saturated carbocycles. The molecule has 0 radical (unpaired) electrons. The Bertz CT molecular complexity index is 283. The Morgan fingerprint density at radius 1 is 1.46 bits per heavy atom. The lowest BCUT2D eigenvalue weighted by Gasteiger charge is -2.18. The second-order valence-corrected chi connectivity index (χ2v) is 7.17. The minimum absolute atomic E-state index is 0.363. The number of alkyl halides is 1. The van der Waals surface area contributed by atoms with E-state index in [0.29, 0.717) is 3.42 Å². The van der Waals surface area contributed by atoms with Crippen LogP contribution in [0.25, 0.3) is 0 Å². The molecule has 0 spiro atoms. The van der Waals surface area contributed by atoms with E-state index in [2.05, 4.69) is 59.1 Å². The van der Waals surface area contributed by atoms with Crippen molar-refractivity contribution in [2.75, 3.05) is 17.6 Å². The number of halogens is 1. The first-order chi connectivity index (χ1) is 6.17. The average Bonchev–Trinajstić information content (AvgIpc) is 2.27. The van der Waals surface area contributed by atoms with Gasteiger partial charge in [0.15, 0.2) is 0 Å². The van der Waals surface area contributed by atoms with Gasteiger partial charge in [-0.05, 0) is 19.1 Å². The lowest BCUT2D eigenvalue weighted by atomic mass is 10.2. The van der Waals surface area contributed by atoms with Gasteiger partial charge in [-0.1, -0.05) is 34.7 Å². The highest BCUT2D eigenvalue weighted by molar-refractivity contribution is 14.1. The maximum Gasteiger partial charge on any atom is 0.0478 e. The Balaban J connectivity index is 2.27. The number of fused-ring (bicyclic) bond motifs is 1. The Morgan fingerprint density at radius 2 is 2.23 bits per heavy atom. The van der Waals surface area contributed by atoms with E-state index in [0.717, 1.165) is 6.54 Å². The summed E-state index contributed by atoms with van der Waals surface area (Å²) < 4.78 is 0.363. The normalized spacial score (nSPS) is 27.2. The molecule has 1 atom stereocenters. The summed E-state index contributed by atoms with van der Waals surface area (Å²) in [5.74, 6) is 1.18. The third-order valence-corrected chi connectivity index (χ3v) is 4.79. The minimum atomic E-state index is 0.363. The van der Waals surface area contributed by atoms with Gasteiger partial charge in [-0.3, -0.25) is 0 Å². The van der Waals surface area contributed by atoms with Gasteiger partial charge in [-0.2, -0.15) is 0 Å². The van der Waals surface area contributed by atoms with Gasteiger partial charge in [0.1, 0.15) is 0 Å². The molecule has 2 rings (SSSR count). The molecular formula is C10H12INS. The Labute approximate surface area is 96.8 Å². The highest BCUT2D eigenvalue weighted by Crippen LogP contribution is 2.36. The largest absolute Gasteiger partial charge is 0.383 e. The molecule has 1 aromatic carbocycles. The maximum atomic E-state index is 3.49. The van der Waals surface area contributed by atoms with Crippen molar-refractivity contribution in [2.24, 2.45) is 0 Å². The number of anilines is 1. The number of rotatable bonds is 0. The zero-order valence-electron chi connectivity index (χ0n) is 7.51. The van der Waals surface area contributed by atoms with E-state index in [4.69, 9.17) is 0 Å². The van der Waals surface area contributed by atoms with Crippen LogP contribution in [-0.4, -0.2) is 15.7 Å². The molecule has 3 heteroatoms. The van der Waals surface area contributed by atoms with Crippen LogP contribution < -0.4 is 5.32 Å². The van der Waals surface area contributed by atoms with Gasteiger partial charge >= 0.3 is 0 Å². The molecule has 0 amide bonds. The highest BCUT2D eigenvalue weighted by Gasteiger charge is 2.23. The van der Waals surface area contributed by atoms with Gasteiger partial charge in [0.2, 0.25) is 0 Å². The van der Waals surface area contributed by atoms with Gasteiger partial charge in [0, 0.05) is 26.3 Å². The molecule has 70 valence electrons. The fourth-order valence-corrected chi connectivity index (χ4v) is 2.98. The molecule has 1 aliphatic heterocycles. The topological polar surface area (TPSA) is 12.0 Å². The summed E-state index contributed by atoms with van der Waals surface area (Å²) in [7, 11) is 0. The van der Waals surface area contributed by atoms with Gasteiger partial charge in [-0.25, -0.2) is 0 Å². The molecule has 1 heterocycles. The summed E-state index contributed by atoms with van der Waals surface area (Å²) in [6.07, 6.45) is 0. The molecule has 1 N–H and O–H groups in total. The van der Waals surface area contributed by atoms with Crippen LogP contribution in [0.5, 0.6) is 0 Å². The maximum absolute atomic E-state index is 3.49. The van der Waals surface area contributed by atoms with Crippen LogP contribution in [0.2, 0.25) is 0 Å². The number of hydrogen-bond acceptors (Lipinski definition) is 2. The monoisotopic (exact) mass is 305 g/mol. The molecule has 1 aliphatic rings. The van der Waals surface area contributed by atoms with Crippen molar-refractivity contribution in [3.05, 3.63) is 24.3 Å². The third-order valence-electron chi connectivity index (χ3n) is 2.06. The van der Waals surface area contributed by atoms with Crippen molar-refractivity contribution in [2.45, 2.75) is 15.2 Å². The van der Waals surface area contributed by atoms with Crippen LogP contribution in [0, 0.1) is 0 Å². The van der Waals surface area contributed by atoms with Crippen molar-refractivity contribution < 1.29 is 0 Å². The summed E-state index contributed by atoms with van der Waals surface area (Å²) in [5, 5.41) is 3.49. The highest BCUT2D eigenvalue weighted by atomic mass is 127. The zero-order valence-corrected chi connectivity index (χ0v) is 10.5. The first-order valence-electron chi connectivity index (χ1n) is 4.32. The Hall–Kier alpha value is 0.100. The summed E-state index contributed by atoms with van der Waals surface area (Å²) in [4.78, 5) is 1.38. The lowest BCUT2D eigenvalue weighted by Crippen LogP contribution is -2.27. The molecule has 0 aromatic heterocycles. The van der Waals surface area contributed by atoms with Crippen molar-refractivity contribution in [1.82, 2.24) is 0 Å². The van der Waals surface area contributed by atoms with E-state index in [1.807, 2.05) is 11.8 Å². The van der Waals surface area contributed by atoms with Crippen LogP contribution in [0.15, 0.2) is 29.2 Å². The number of hydrogen-bond donors (Lipinski definition) is 1. The predicted octanol–water partition coefficient (Wildman–Crippen LogP) is 3.40. The van der Waals surface area contributed by atoms with E-state index in [1.54, 1.807) is 0 Å². The number of nitrogens with one attached hydrogen (secondary N) is 1. The second-order valence-electron chi connectivity index (χ2n) is 3.55. The number of benzene rings is 1. The fourth-order valence-electron chi connectivity index (χ4n) is 1.30. The van der Waals surface area contributed by atoms with E-state index in [1.165, 1.54) is 16.3 Å². The Kier molecular flexibility index (Phi) is 2.74. The van der Waals surface area contributed by atoms with E-state index in [-0.39, 0.29) is 0 Å². The van der Waals surface area contributed by atoms with E-state index >= 15 is 0 Å². The molecule has 1 nitrogen and oxygen atoms in total. The van der Waals surface area contributed by atoms with E-state index < -0.39 is 0 Å². The Morgan fingerprint density at radius 3 is 3.08 bits per heavy atom. The predicted molar refractivity (Wildman–Crippen MR) is 68.1 cm³/mol. The first-order valence-corrected chi connectivity index (χ1v) is 6.38. The molecule has 0 aliphatic carbocycles. The summed E-state index contributed by atoms with van der Waals surface area (Å²) >= 11 is 4.48. The van der Waals surface area contributed by atoms with Gasteiger partial charge in [-0.15, -0.1) is 11.8 Å². The number of thioether (sulfide) groups is 1. The standard InChI is InChI=1S/C10H12INS/c1-10(11)6-12-8-4-2-3-5-9(8)13-7-10/h2-5,12H,6-7H2,1H3. The van der Waals surface area contributed by atoms with E-state index in [9.17, 15) is 0 Å². The van der Waals surface area contributed by atoms with Gasteiger partial charge < -0.3 is 5.32 Å². The summed E-state index contributed by atoms with van der Waals surface area (Å²) in [6.45, 7) is 3.34. The lowest BCUT2D eigenvalue weighted by molar-refractivity contribution is 0.804. The van der Waals surface area contributed by atoms with Crippen molar-refractivity contribution in [3.63, 3.8) is 0 Å². The molecule has 13 heavy (non-hydrogen) atoms. The molecule has 1 unspecified atom stereocenters. The van der Waals surface area contributed by atoms with Crippen LogP contribution in [0.3, 0.4) is 0 Å². The van der Waals surface area contributed by atoms with Crippen LogP contribution in [-0.2, 0) is 0 Å². The number of para-hydroxylation sites is 1. The smallest absolute Gasteiger partial charge is 0.0478 e. The van der Waals surface area contributed by atoms with Crippen LogP contribution >= 0.6 is 34.4 Å². The average molecular weight is 305 g/mol. The SMILES string of the molecule is CC1(I)CNc2ccccc2SC1. The van der Waals surface area contributed by atoms with Crippen molar-refractivity contribution >= 4 is 40.0 Å². The van der Waals surface area contributed by atoms with Crippen molar-refractivity contribution in [3.8, 4) is 0 Å². The van der Waals surface area contributed by atoms with Crippen LogP contribution in [0.1, 0.15) is 6.92 Å². The third kappa shape index (κ3) is 2.31. The quantitative estimate of drug-likeness (QED) is 0.582. The summed E-state index contributed by atoms with van der Waals surface area (Å²) in [6, 6.07) is 8.52. The molecule has 0 saturated heterocycles. The summed E-state index contributed by atoms with van der Waals surface area (Å²) in [5.41, 5.74) is 1.29. The zero-order chi connectivity index (χ0) is 9.31. The van der Waals surface area contributed by atoms with Gasteiger partial charge in [0.25, 0.3) is 0 Å². The van der Waals surface area contributed by atoms with Crippen molar-refractivity contribution in [1.29, 1.82) is 0 Å². The molecule has 1 aromatic rings. The molecule has 0 bridgehead atoms. The fraction of sp³-hybridized carbons (Fsp3) is 0.400. The molecule has 0 fully saturated rings. The molecular weight excluding hydrogens is 293 g/mol. The van der Waals surface area contributed by atoms with Crippen LogP contribution in [0.4, 0.5) is 5.69 Å². The second kappa shape index (κ2) is 3.69. The first kappa shape index (κ1) is 9.65.